The van der Waals surface area contributed by atoms with Gasteiger partial charge in [0.2, 0.25) is 5.91 Å². The molecule has 0 aliphatic rings. The van der Waals surface area contributed by atoms with E-state index in [0.29, 0.717) is 0 Å². The number of carbonyl (C=O) groups is 2. The second kappa shape index (κ2) is 6.72. The third-order valence-corrected chi connectivity index (χ3v) is 3.33. The molecule has 0 heterocycles. The zero-order valence-electron chi connectivity index (χ0n) is 13.1. The van der Waals surface area contributed by atoms with Crippen LogP contribution in [0.15, 0.2) is 24.3 Å². The topological polar surface area (TPSA) is 83.6 Å². The van der Waals surface area contributed by atoms with E-state index in [4.69, 9.17) is 10.8 Å². The van der Waals surface area contributed by atoms with Gasteiger partial charge in [-0.3, -0.25) is 9.59 Å². The van der Waals surface area contributed by atoms with Crippen molar-refractivity contribution >= 4 is 11.9 Å². The van der Waals surface area contributed by atoms with Crippen molar-refractivity contribution in [2.24, 2.45) is 5.73 Å². The Balaban J connectivity index is 2.93. The van der Waals surface area contributed by atoms with E-state index in [2.05, 4.69) is 0 Å². The minimum absolute atomic E-state index is 0.0936. The van der Waals surface area contributed by atoms with Gasteiger partial charge in [-0.2, -0.15) is 0 Å². The third kappa shape index (κ3) is 4.86. The van der Waals surface area contributed by atoms with Crippen molar-refractivity contribution in [3.8, 4) is 0 Å². The quantitative estimate of drug-likeness (QED) is 0.870. The average molecular weight is 292 g/mol. The Morgan fingerprint density at radius 1 is 1.24 bits per heavy atom. The lowest BCUT2D eigenvalue weighted by atomic mass is 10.00. The fourth-order valence-electron chi connectivity index (χ4n) is 2.07. The second-order valence-electron chi connectivity index (χ2n) is 6.19. The second-order valence-corrected chi connectivity index (χ2v) is 6.19. The maximum absolute atomic E-state index is 12.6. The lowest BCUT2D eigenvalue weighted by Gasteiger charge is -2.37. The smallest absolute Gasteiger partial charge is 0.305 e. The molecule has 1 aromatic rings. The monoisotopic (exact) mass is 292 g/mol. The lowest BCUT2D eigenvalue weighted by molar-refractivity contribution is -0.141. The van der Waals surface area contributed by atoms with Gasteiger partial charge in [0.05, 0.1) is 6.42 Å². The van der Waals surface area contributed by atoms with Crippen LogP contribution in [0.1, 0.15) is 44.4 Å². The molecule has 0 radical (unpaired) electrons. The summed E-state index contributed by atoms with van der Waals surface area (Å²) < 4.78 is 0. The summed E-state index contributed by atoms with van der Waals surface area (Å²) >= 11 is 0. The number of nitrogens with zero attached hydrogens (tertiary/aromatic N) is 1. The molecular weight excluding hydrogens is 268 g/mol. The molecule has 1 unspecified atom stereocenters. The molecule has 0 aliphatic carbocycles. The first-order valence-corrected chi connectivity index (χ1v) is 6.98. The Morgan fingerprint density at radius 3 is 2.19 bits per heavy atom. The first-order valence-electron chi connectivity index (χ1n) is 6.98. The van der Waals surface area contributed by atoms with Crippen LogP contribution in [0, 0.1) is 6.92 Å². The lowest BCUT2D eigenvalue weighted by Crippen LogP contribution is -2.50. The molecule has 0 spiro atoms. The van der Waals surface area contributed by atoms with E-state index in [1.807, 2.05) is 52.0 Å². The number of amides is 1. The van der Waals surface area contributed by atoms with E-state index in [9.17, 15) is 9.59 Å². The summed E-state index contributed by atoms with van der Waals surface area (Å²) in [7, 11) is 0. The van der Waals surface area contributed by atoms with Crippen molar-refractivity contribution in [3.05, 3.63) is 35.4 Å². The van der Waals surface area contributed by atoms with Crippen LogP contribution in [0.4, 0.5) is 0 Å². The fraction of sp³-hybridized carbons (Fsp3) is 0.500. The van der Waals surface area contributed by atoms with E-state index >= 15 is 0 Å². The molecule has 21 heavy (non-hydrogen) atoms. The highest BCUT2D eigenvalue weighted by atomic mass is 16.4. The molecule has 116 valence electrons. The van der Waals surface area contributed by atoms with Crippen LogP contribution in [0.2, 0.25) is 0 Å². The number of nitrogens with two attached hydrogens (primary N) is 1. The van der Waals surface area contributed by atoms with Gasteiger partial charge < -0.3 is 15.7 Å². The Morgan fingerprint density at radius 2 is 1.76 bits per heavy atom. The van der Waals surface area contributed by atoms with Gasteiger partial charge in [-0.1, -0.05) is 29.8 Å². The van der Waals surface area contributed by atoms with Gasteiger partial charge in [-0.05, 0) is 33.3 Å². The number of carbonyl (C=O) groups excluding carboxylic acids is 1. The number of rotatable bonds is 5. The van der Waals surface area contributed by atoms with Gasteiger partial charge in [0.15, 0.2) is 0 Å². The van der Waals surface area contributed by atoms with Crippen molar-refractivity contribution in [3.63, 3.8) is 0 Å². The molecule has 0 saturated heterocycles. The third-order valence-electron chi connectivity index (χ3n) is 3.33. The molecule has 0 saturated carbocycles. The summed E-state index contributed by atoms with van der Waals surface area (Å²) in [5.74, 6) is -1.19. The molecule has 5 heteroatoms. The number of carboxylic acids is 1. The average Bonchev–Trinajstić information content (AvgIpc) is 2.36. The minimum atomic E-state index is -0.930. The van der Waals surface area contributed by atoms with Crippen LogP contribution < -0.4 is 5.73 Å². The zero-order chi connectivity index (χ0) is 16.2. The number of aliphatic carboxylic acids is 1. The standard InChI is InChI=1S/C16H24N2O3/c1-11-5-7-12(8-6-11)14(17)15(21)18(16(2,3)4)10-9-13(19)20/h5-8,14H,9-10,17H2,1-4H3,(H,19,20). The first kappa shape index (κ1) is 17.2. The van der Waals surface area contributed by atoms with Crippen molar-refractivity contribution in [1.29, 1.82) is 0 Å². The Labute approximate surface area is 125 Å². The van der Waals surface area contributed by atoms with Crippen LogP contribution in [0.5, 0.6) is 0 Å². The van der Waals surface area contributed by atoms with Gasteiger partial charge in [0.25, 0.3) is 0 Å². The Bertz CT molecular complexity index is 503. The molecule has 5 nitrogen and oxygen atoms in total. The molecular formula is C16H24N2O3. The zero-order valence-corrected chi connectivity index (χ0v) is 13.1. The Kier molecular flexibility index (Phi) is 5.49. The van der Waals surface area contributed by atoms with Crippen molar-refractivity contribution in [1.82, 2.24) is 4.90 Å². The van der Waals surface area contributed by atoms with E-state index < -0.39 is 17.6 Å². The highest BCUT2D eigenvalue weighted by molar-refractivity contribution is 5.84. The predicted octanol–water partition coefficient (Wildman–Crippen LogP) is 2.10. The summed E-state index contributed by atoms with van der Waals surface area (Å²) in [5.41, 5.74) is 7.40. The van der Waals surface area contributed by atoms with E-state index in [1.54, 1.807) is 0 Å². The van der Waals surface area contributed by atoms with Gasteiger partial charge in [-0.15, -0.1) is 0 Å². The van der Waals surface area contributed by atoms with Crippen molar-refractivity contribution < 1.29 is 14.7 Å². The molecule has 1 atom stereocenters. The summed E-state index contributed by atoms with van der Waals surface area (Å²) in [5, 5.41) is 8.83. The largest absolute Gasteiger partial charge is 0.481 e. The molecule has 0 bridgehead atoms. The summed E-state index contributed by atoms with van der Waals surface area (Å²) in [4.78, 5) is 24.9. The molecule has 1 amide bonds. The number of benzene rings is 1. The maximum Gasteiger partial charge on any atom is 0.305 e. The van der Waals surface area contributed by atoms with Crippen LogP contribution >= 0.6 is 0 Å². The summed E-state index contributed by atoms with van der Waals surface area (Å²) in [6.45, 7) is 7.72. The highest BCUT2D eigenvalue weighted by Crippen LogP contribution is 2.21. The molecule has 1 rings (SSSR count). The van der Waals surface area contributed by atoms with E-state index in [0.717, 1.165) is 11.1 Å². The highest BCUT2D eigenvalue weighted by Gasteiger charge is 2.30. The van der Waals surface area contributed by atoms with Crippen LogP contribution in [-0.4, -0.2) is 34.0 Å². The van der Waals surface area contributed by atoms with Crippen LogP contribution in [-0.2, 0) is 9.59 Å². The molecule has 0 fully saturated rings. The SMILES string of the molecule is Cc1ccc(C(N)C(=O)N(CCC(=O)O)C(C)(C)C)cc1. The number of carboxylic acid groups (broad SMARTS) is 1. The van der Waals surface area contributed by atoms with Gasteiger partial charge in [0, 0.05) is 12.1 Å². The fourth-order valence-corrected chi connectivity index (χ4v) is 2.07. The molecule has 0 aromatic heterocycles. The minimum Gasteiger partial charge on any atom is -0.481 e. The summed E-state index contributed by atoms with van der Waals surface area (Å²) in [6, 6.07) is 6.69. The van der Waals surface area contributed by atoms with E-state index in [-0.39, 0.29) is 18.9 Å². The number of hydrogen-bond donors (Lipinski definition) is 2. The van der Waals surface area contributed by atoms with Crippen molar-refractivity contribution in [2.75, 3.05) is 6.54 Å². The van der Waals surface area contributed by atoms with Crippen LogP contribution in [0.3, 0.4) is 0 Å². The van der Waals surface area contributed by atoms with Crippen molar-refractivity contribution in [2.45, 2.75) is 45.7 Å². The van der Waals surface area contributed by atoms with Gasteiger partial charge >= 0.3 is 5.97 Å². The molecule has 3 N–H and O–H groups in total. The van der Waals surface area contributed by atoms with Crippen LogP contribution in [0.25, 0.3) is 0 Å². The maximum atomic E-state index is 12.6. The van der Waals surface area contributed by atoms with Gasteiger partial charge in [0.1, 0.15) is 6.04 Å². The molecule has 1 aromatic carbocycles. The van der Waals surface area contributed by atoms with E-state index in [1.165, 1.54) is 4.90 Å². The Hall–Kier alpha value is -1.88. The number of hydrogen-bond acceptors (Lipinski definition) is 3. The molecule has 0 aliphatic heterocycles. The number of aryl methyl sites for hydroxylation is 1. The first-order chi connectivity index (χ1) is 9.62. The normalized spacial score (nSPS) is 12.8. The summed E-state index contributed by atoms with van der Waals surface area (Å²) in [6.07, 6.45) is -0.0936. The predicted molar refractivity (Wildman–Crippen MR) is 81.8 cm³/mol. The van der Waals surface area contributed by atoms with Gasteiger partial charge in [-0.25, -0.2) is 0 Å².